The largest absolute Gasteiger partial charge is 0.373 e. The minimum atomic E-state index is 0.372. The lowest BCUT2D eigenvalue weighted by Gasteiger charge is -2.40. The zero-order valence-corrected chi connectivity index (χ0v) is 12.2. The zero-order valence-electron chi connectivity index (χ0n) is 12.2. The van der Waals surface area contributed by atoms with E-state index >= 15 is 0 Å². The monoisotopic (exact) mass is 242 g/mol. The minimum absolute atomic E-state index is 0.372. The van der Waals surface area contributed by atoms with E-state index in [-0.39, 0.29) is 0 Å². The summed E-state index contributed by atoms with van der Waals surface area (Å²) in [6, 6.07) is 1.24. The van der Waals surface area contributed by atoms with E-state index in [1.807, 2.05) is 0 Å². The topological polar surface area (TPSA) is 24.5 Å². The van der Waals surface area contributed by atoms with Gasteiger partial charge in [0.2, 0.25) is 0 Å². The molecular weight excluding hydrogens is 212 g/mol. The van der Waals surface area contributed by atoms with E-state index in [0.717, 1.165) is 19.6 Å². The van der Waals surface area contributed by atoms with Crippen LogP contribution >= 0.6 is 0 Å². The normalized spacial score (nSPS) is 28.6. The van der Waals surface area contributed by atoms with Gasteiger partial charge in [-0.2, -0.15) is 0 Å². The van der Waals surface area contributed by atoms with Crippen molar-refractivity contribution in [2.45, 2.75) is 71.8 Å². The molecule has 3 nitrogen and oxygen atoms in total. The van der Waals surface area contributed by atoms with E-state index in [9.17, 15) is 0 Å². The second-order valence-corrected chi connectivity index (χ2v) is 5.72. The van der Waals surface area contributed by atoms with Gasteiger partial charge in [0.05, 0.1) is 12.2 Å². The maximum absolute atomic E-state index is 5.81. The van der Waals surface area contributed by atoms with Crippen molar-refractivity contribution in [1.82, 2.24) is 10.2 Å². The Labute approximate surface area is 107 Å². The highest BCUT2D eigenvalue weighted by molar-refractivity contribution is 4.81. The van der Waals surface area contributed by atoms with Gasteiger partial charge in [-0.3, -0.25) is 4.90 Å². The Morgan fingerprint density at radius 1 is 1.24 bits per heavy atom. The Kier molecular flexibility index (Phi) is 6.45. The van der Waals surface area contributed by atoms with Crippen molar-refractivity contribution >= 4 is 0 Å². The lowest BCUT2D eigenvalue weighted by molar-refractivity contribution is -0.0810. The fourth-order valence-electron chi connectivity index (χ4n) is 2.63. The van der Waals surface area contributed by atoms with Crippen LogP contribution in [0.4, 0.5) is 0 Å². The highest BCUT2D eigenvalue weighted by Gasteiger charge is 2.27. The van der Waals surface area contributed by atoms with Crippen LogP contribution in [0.2, 0.25) is 0 Å². The number of nitrogens with one attached hydrogen (secondary N) is 1. The second kappa shape index (κ2) is 7.34. The van der Waals surface area contributed by atoms with E-state index in [4.69, 9.17) is 4.74 Å². The molecule has 1 heterocycles. The summed E-state index contributed by atoms with van der Waals surface area (Å²) in [6.45, 7) is 14.3. The van der Waals surface area contributed by atoms with Crippen LogP contribution in [0, 0.1) is 0 Å². The molecule has 3 heteroatoms. The Morgan fingerprint density at radius 3 is 2.29 bits per heavy atom. The molecule has 0 aromatic heterocycles. The minimum Gasteiger partial charge on any atom is -0.373 e. The maximum atomic E-state index is 5.81. The number of nitrogens with zero attached hydrogens (tertiary/aromatic N) is 1. The second-order valence-electron chi connectivity index (χ2n) is 5.72. The number of hydrogen-bond donors (Lipinski definition) is 1. The van der Waals surface area contributed by atoms with Crippen LogP contribution in [0.15, 0.2) is 0 Å². The quantitative estimate of drug-likeness (QED) is 0.773. The smallest absolute Gasteiger partial charge is 0.0678 e. The lowest BCUT2D eigenvalue weighted by Crippen LogP contribution is -2.53. The highest BCUT2D eigenvalue weighted by atomic mass is 16.5. The number of hydrogen-bond acceptors (Lipinski definition) is 3. The summed E-state index contributed by atoms with van der Waals surface area (Å²) in [5.74, 6) is 0. The first-order valence-electron chi connectivity index (χ1n) is 7.15. The zero-order chi connectivity index (χ0) is 12.8. The molecular formula is C14H30N2O. The molecule has 1 fully saturated rings. The van der Waals surface area contributed by atoms with Crippen LogP contribution in [0.25, 0.3) is 0 Å². The summed E-state index contributed by atoms with van der Waals surface area (Å²) in [4.78, 5) is 2.61. The Hall–Kier alpha value is -0.120. The first-order chi connectivity index (χ1) is 8.02. The first-order valence-corrected chi connectivity index (χ1v) is 7.15. The molecule has 17 heavy (non-hydrogen) atoms. The first kappa shape index (κ1) is 14.9. The number of morpholine rings is 1. The van der Waals surface area contributed by atoms with Crippen molar-refractivity contribution in [1.29, 1.82) is 0 Å². The van der Waals surface area contributed by atoms with Gasteiger partial charge in [-0.05, 0) is 20.3 Å². The van der Waals surface area contributed by atoms with Crippen LogP contribution < -0.4 is 5.32 Å². The van der Waals surface area contributed by atoms with Gasteiger partial charge in [0.1, 0.15) is 0 Å². The van der Waals surface area contributed by atoms with E-state index in [2.05, 4.69) is 44.8 Å². The van der Waals surface area contributed by atoms with Crippen LogP contribution in [-0.2, 0) is 4.74 Å². The molecule has 0 amide bonds. The van der Waals surface area contributed by atoms with Crippen LogP contribution in [0.3, 0.4) is 0 Å². The van der Waals surface area contributed by atoms with E-state index in [0.29, 0.717) is 24.3 Å². The predicted molar refractivity (Wildman–Crippen MR) is 73.4 cm³/mol. The van der Waals surface area contributed by atoms with Crippen LogP contribution in [0.1, 0.15) is 47.5 Å². The summed E-state index contributed by atoms with van der Waals surface area (Å²) >= 11 is 0. The fraction of sp³-hybridized carbons (Fsp3) is 1.00. The van der Waals surface area contributed by atoms with E-state index < -0.39 is 0 Å². The van der Waals surface area contributed by atoms with Gasteiger partial charge in [0.15, 0.2) is 0 Å². The van der Waals surface area contributed by atoms with Crippen molar-refractivity contribution in [2.75, 3.05) is 19.6 Å². The summed E-state index contributed by atoms with van der Waals surface area (Å²) in [6.07, 6.45) is 3.28. The molecule has 0 bridgehead atoms. The highest BCUT2D eigenvalue weighted by Crippen LogP contribution is 2.16. The summed E-state index contributed by atoms with van der Waals surface area (Å²) in [5.41, 5.74) is 0. The number of rotatable bonds is 6. The molecule has 3 atom stereocenters. The molecule has 1 aliphatic heterocycles. The molecule has 1 unspecified atom stereocenters. The lowest BCUT2D eigenvalue weighted by atomic mass is 10.1. The van der Waals surface area contributed by atoms with Crippen molar-refractivity contribution in [2.24, 2.45) is 0 Å². The molecule has 0 saturated carbocycles. The molecule has 102 valence electrons. The van der Waals surface area contributed by atoms with Crippen LogP contribution in [-0.4, -0.2) is 48.8 Å². The molecule has 1 N–H and O–H groups in total. The Bertz CT molecular complexity index is 198. The molecule has 0 radical (unpaired) electrons. The third-order valence-electron chi connectivity index (χ3n) is 3.35. The SMILES string of the molecule is CCCC(CNC(C)C)N1C[C@@H](C)O[C@@H](C)C1. The van der Waals surface area contributed by atoms with Crippen molar-refractivity contribution in [3.05, 3.63) is 0 Å². The third kappa shape index (κ3) is 5.36. The Balaban J connectivity index is 2.49. The van der Waals surface area contributed by atoms with Gasteiger partial charge in [0.25, 0.3) is 0 Å². The average molecular weight is 242 g/mol. The predicted octanol–water partition coefficient (Wildman–Crippen LogP) is 2.26. The molecule has 0 spiro atoms. The van der Waals surface area contributed by atoms with Crippen molar-refractivity contribution < 1.29 is 4.74 Å². The molecule has 1 aliphatic rings. The van der Waals surface area contributed by atoms with E-state index in [1.54, 1.807) is 0 Å². The maximum Gasteiger partial charge on any atom is 0.0678 e. The third-order valence-corrected chi connectivity index (χ3v) is 3.35. The van der Waals surface area contributed by atoms with E-state index in [1.165, 1.54) is 12.8 Å². The molecule has 1 rings (SSSR count). The summed E-state index contributed by atoms with van der Waals surface area (Å²) in [5, 5.41) is 3.57. The Morgan fingerprint density at radius 2 is 1.82 bits per heavy atom. The average Bonchev–Trinajstić information content (AvgIpc) is 2.22. The van der Waals surface area contributed by atoms with Gasteiger partial charge in [-0.25, -0.2) is 0 Å². The summed E-state index contributed by atoms with van der Waals surface area (Å²) in [7, 11) is 0. The number of ether oxygens (including phenoxy) is 1. The van der Waals surface area contributed by atoms with Crippen molar-refractivity contribution in [3.63, 3.8) is 0 Å². The van der Waals surface area contributed by atoms with Gasteiger partial charge in [-0.15, -0.1) is 0 Å². The summed E-state index contributed by atoms with van der Waals surface area (Å²) < 4.78 is 5.81. The fourth-order valence-corrected chi connectivity index (χ4v) is 2.63. The van der Waals surface area contributed by atoms with Gasteiger partial charge in [-0.1, -0.05) is 27.2 Å². The van der Waals surface area contributed by atoms with Gasteiger partial charge < -0.3 is 10.1 Å². The van der Waals surface area contributed by atoms with Crippen molar-refractivity contribution in [3.8, 4) is 0 Å². The molecule has 0 aromatic rings. The van der Waals surface area contributed by atoms with Gasteiger partial charge in [0, 0.05) is 31.7 Å². The van der Waals surface area contributed by atoms with Gasteiger partial charge >= 0.3 is 0 Å². The molecule has 0 aliphatic carbocycles. The van der Waals surface area contributed by atoms with Crippen LogP contribution in [0.5, 0.6) is 0 Å². The molecule has 1 saturated heterocycles. The standard InChI is InChI=1S/C14H30N2O/c1-6-7-14(8-15-11(2)3)16-9-12(4)17-13(5)10-16/h11-15H,6-10H2,1-5H3/t12-,13+,14?. The molecule has 0 aromatic carbocycles.